The van der Waals surface area contributed by atoms with E-state index in [1.165, 1.54) is 6.29 Å². The molecule has 9 N–H and O–H groups in total. The fraction of sp³-hybridized carbons (Fsp3) is 0.600. The average molecular weight is 386 g/mol. The number of nitrogens with one attached hydrogen (secondary N) is 2. The number of carboxylic acid groups (broad SMARTS) is 1. The molecule has 0 saturated carbocycles. The Hall–Kier alpha value is -3.02. The number of rotatable bonds is 14. The summed E-state index contributed by atoms with van der Waals surface area (Å²) >= 11 is 0. The minimum absolute atomic E-state index is 0.0469. The van der Waals surface area contributed by atoms with Crippen LogP contribution in [0, 0.1) is 0 Å². The summed E-state index contributed by atoms with van der Waals surface area (Å²) < 4.78 is 0. The first-order valence-electron chi connectivity index (χ1n) is 8.09. The molecule has 0 bridgehead atoms. The van der Waals surface area contributed by atoms with Crippen molar-refractivity contribution in [3.8, 4) is 0 Å². The molecule has 12 nitrogen and oxygen atoms in total. The smallest absolute Gasteiger partial charge is 0.303 e. The van der Waals surface area contributed by atoms with Gasteiger partial charge in [-0.15, -0.1) is 0 Å². The van der Waals surface area contributed by atoms with Crippen LogP contribution in [0.5, 0.6) is 0 Å². The van der Waals surface area contributed by atoms with E-state index >= 15 is 0 Å². The maximum Gasteiger partial charge on any atom is 0.303 e. The summed E-state index contributed by atoms with van der Waals surface area (Å²) in [5.74, 6) is -4.12. The van der Waals surface area contributed by atoms with E-state index in [4.69, 9.17) is 22.3 Å². The van der Waals surface area contributed by atoms with Crippen molar-refractivity contribution in [3.63, 3.8) is 0 Å². The van der Waals surface area contributed by atoms with Gasteiger partial charge in [0.25, 0.3) is 0 Å². The number of amides is 4. The van der Waals surface area contributed by atoms with Crippen LogP contribution >= 0.6 is 0 Å². The van der Waals surface area contributed by atoms with Crippen molar-refractivity contribution in [3.05, 3.63) is 0 Å². The largest absolute Gasteiger partial charge is 0.481 e. The predicted molar refractivity (Wildman–Crippen MR) is 91.3 cm³/mol. The predicted octanol–water partition coefficient (Wildman–Crippen LogP) is -3.21. The average Bonchev–Trinajstić information content (AvgIpc) is 2.58. The molecule has 3 atom stereocenters. The molecule has 0 aromatic rings. The summed E-state index contributed by atoms with van der Waals surface area (Å²) in [6, 6.07) is -3.57. The molecule has 4 amide bonds. The van der Waals surface area contributed by atoms with Crippen molar-refractivity contribution >= 4 is 35.9 Å². The van der Waals surface area contributed by atoms with Gasteiger partial charge in [0.1, 0.15) is 6.04 Å². The summed E-state index contributed by atoms with van der Waals surface area (Å²) in [5.41, 5.74) is 15.6. The highest BCUT2D eigenvalue weighted by atomic mass is 16.4. The van der Waals surface area contributed by atoms with Crippen molar-refractivity contribution < 1.29 is 33.9 Å². The number of carbonyl (C=O) groups is 5. The lowest BCUT2D eigenvalue weighted by Gasteiger charge is -2.21. The number of nitrogens with two attached hydrogens (primary N) is 3. The summed E-state index contributed by atoms with van der Waals surface area (Å²) in [6.45, 7) is 0. The second-order valence-corrected chi connectivity index (χ2v) is 5.79. The van der Waals surface area contributed by atoms with Gasteiger partial charge in [0.2, 0.25) is 29.9 Å². The molecule has 0 aliphatic heterocycles. The van der Waals surface area contributed by atoms with Gasteiger partial charge in [-0.05, 0) is 19.3 Å². The standard InChI is InChI=1S/C15H24N5O7/c16-9(2-4-11(17)22)14(26)20-10(3-5-12(18)23)15(27)19-8(7-21)1-6-13(24)25/h8-10H,1-6,16H2,(H2,17,22)(H2,18,23)(H,19,27)(H,20,26)(H,24,25)/t8-,9-,10-/m0/s1. The van der Waals surface area contributed by atoms with Crippen LogP contribution < -0.4 is 27.8 Å². The van der Waals surface area contributed by atoms with Gasteiger partial charge in [0.15, 0.2) is 0 Å². The number of carbonyl (C=O) groups excluding carboxylic acids is 5. The zero-order chi connectivity index (χ0) is 21.0. The molecule has 0 aromatic heterocycles. The molecule has 0 rings (SSSR count). The van der Waals surface area contributed by atoms with Gasteiger partial charge < -0.3 is 32.9 Å². The molecule has 0 heterocycles. The Balaban J connectivity index is 4.94. The van der Waals surface area contributed by atoms with Gasteiger partial charge in [0, 0.05) is 19.3 Å². The van der Waals surface area contributed by atoms with Gasteiger partial charge in [-0.3, -0.25) is 28.8 Å². The van der Waals surface area contributed by atoms with E-state index in [9.17, 15) is 28.8 Å². The molecule has 0 aromatic carbocycles. The van der Waals surface area contributed by atoms with Crippen LogP contribution in [0.2, 0.25) is 0 Å². The third-order valence-electron chi connectivity index (χ3n) is 3.46. The second kappa shape index (κ2) is 12.4. The molecule has 151 valence electrons. The van der Waals surface area contributed by atoms with Crippen molar-refractivity contribution in [1.82, 2.24) is 10.6 Å². The highest BCUT2D eigenvalue weighted by molar-refractivity contribution is 5.91. The Morgan fingerprint density at radius 2 is 1.41 bits per heavy atom. The van der Waals surface area contributed by atoms with E-state index in [0.717, 1.165) is 0 Å². The number of primary amides is 2. The Kier molecular flexibility index (Phi) is 11.0. The van der Waals surface area contributed by atoms with Crippen LogP contribution in [0.15, 0.2) is 0 Å². The quantitative estimate of drug-likeness (QED) is 0.178. The Morgan fingerprint density at radius 1 is 0.852 bits per heavy atom. The van der Waals surface area contributed by atoms with Crippen LogP contribution in [-0.2, 0) is 28.8 Å². The third-order valence-corrected chi connectivity index (χ3v) is 3.46. The van der Waals surface area contributed by atoms with Gasteiger partial charge in [-0.2, -0.15) is 0 Å². The van der Waals surface area contributed by atoms with E-state index < -0.39 is 47.7 Å². The molecule has 12 heteroatoms. The van der Waals surface area contributed by atoms with Crippen molar-refractivity contribution in [2.24, 2.45) is 17.2 Å². The first-order valence-corrected chi connectivity index (χ1v) is 8.09. The van der Waals surface area contributed by atoms with Gasteiger partial charge in [-0.25, -0.2) is 0 Å². The monoisotopic (exact) mass is 386 g/mol. The fourth-order valence-corrected chi connectivity index (χ4v) is 1.96. The molecule has 0 aliphatic rings. The minimum atomic E-state index is -1.25. The third kappa shape index (κ3) is 11.3. The SMILES string of the molecule is NC(=O)CC[C@H](NC(=O)[C@@H](N)CCC(N)=O)C(=O)N[C@H]([C]=O)CCC(=O)O. The zero-order valence-corrected chi connectivity index (χ0v) is 14.6. The topological polar surface area (TPSA) is 225 Å². The van der Waals surface area contributed by atoms with Crippen LogP contribution in [0.4, 0.5) is 0 Å². The fourth-order valence-electron chi connectivity index (χ4n) is 1.96. The molecule has 0 fully saturated rings. The Labute approximate surface area is 155 Å². The van der Waals surface area contributed by atoms with Crippen molar-refractivity contribution in [2.75, 3.05) is 0 Å². The maximum absolute atomic E-state index is 12.3. The van der Waals surface area contributed by atoms with Gasteiger partial charge >= 0.3 is 5.97 Å². The van der Waals surface area contributed by atoms with E-state index in [0.29, 0.717) is 0 Å². The van der Waals surface area contributed by atoms with Crippen molar-refractivity contribution in [2.45, 2.75) is 56.7 Å². The van der Waals surface area contributed by atoms with Crippen LogP contribution in [-0.4, -0.2) is 59.1 Å². The molecule has 0 saturated heterocycles. The van der Waals surface area contributed by atoms with Crippen molar-refractivity contribution in [1.29, 1.82) is 0 Å². The van der Waals surface area contributed by atoms with E-state index in [1.54, 1.807) is 0 Å². The van der Waals surface area contributed by atoms with Crippen LogP contribution in [0.1, 0.15) is 38.5 Å². The normalized spacial score (nSPS) is 13.7. The summed E-state index contributed by atoms with van der Waals surface area (Å²) in [4.78, 5) is 67.4. The minimum Gasteiger partial charge on any atom is -0.481 e. The molecule has 0 unspecified atom stereocenters. The lowest BCUT2D eigenvalue weighted by molar-refractivity contribution is -0.137. The lowest BCUT2D eigenvalue weighted by Crippen LogP contribution is -2.53. The molecule has 27 heavy (non-hydrogen) atoms. The Bertz CT molecular complexity index is 581. The van der Waals surface area contributed by atoms with Crippen LogP contribution in [0.25, 0.3) is 0 Å². The summed E-state index contributed by atoms with van der Waals surface area (Å²) in [6.07, 6.45) is 0.332. The maximum atomic E-state index is 12.3. The van der Waals surface area contributed by atoms with E-state index in [-0.39, 0.29) is 38.5 Å². The summed E-state index contributed by atoms with van der Waals surface area (Å²) in [7, 11) is 0. The molecular formula is C15H24N5O7. The number of hydrogen-bond donors (Lipinski definition) is 6. The van der Waals surface area contributed by atoms with Gasteiger partial charge in [0.05, 0.1) is 12.1 Å². The van der Waals surface area contributed by atoms with Gasteiger partial charge in [-0.1, -0.05) is 0 Å². The lowest BCUT2D eigenvalue weighted by atomic mass is 10.1. The number of hydrogen-bond acceptors (Lipinski definition) is 7. The molecule has 0 aliphatic carbocycles. The zero-order valence-electron chi connectivity index (χ0n) is 14.6. The number of aliphatic carboxylic acids is 1. The second-order valence-electron chi connectivity index (χ2n) is 5.79. The molecular weight excluding hydrogens is 362 g/mol. The van der Waals surface area contributed by atoms with Crippen LogP contribution in [0.3, 0.4) is 0 Å². The number of carboxylic acids is 1. The Morgan fingerprint density at radius 3 is 1.89 bits per heavy atom. The highest BCUT2D eigenvalue weighted by Crippen LogP contribution is 2.03. The highest BCUT2D eigenvalue weighted by Gasteiger charge is 2.26. The first kappa shape index (κ1) is 24.0. The molecule has 1 radical (unpaired) electrons. The van der Waals surface area contributed by atoms with E-state index in [1.807, 2.05) is 0 Å². The first-order chi connectivity index (χ1) is 12.6. The van der Waals surface area contributed by atoms with E-state index in [2.05, 4.69) is 10.6 Å². The summed E-state index contributed by atoms with van der Waals surface area (Å²) in [5, 5.41) is 13.2. The molecule has 0 spiro atoms.